The van der Waals surface area contributed by atoms with E-state index in [1.165, 1.54) is 12.1 Å². The van der Waals surface area contributed by atoms with Crippen LogP contribution in [0.2, 0.25) is 0 Å². The molecule has 4 nitrogen and oxygen atoms in total. The maximum absolute atomic E-state index is 12.2. The predicted molar refractivity (Wildman–Crippen MR) is 106 cm³/mol. The Morgan fingerprint density at radius 1 is 1.08 bits per heavy atom. The molecule has 0 amide bonds. The number of hydrogen-bond acceptors (Lipinski definition) is 3. The molecule has 0 saturated carbocycles. The van der Waals surface area contributed by atoms with Crippen LogP contribution in [0.5, 0.6) is 5.75 Å². The summed E-state index contributed by atoms with van der Waals surface area (Å²) in [6.07, 6.45) is 0. The van der Waals surface area contributed by atoms with Crippen molar-refractivity contribution in [2.24, 2.45) is 0 Å². The van der Waals surface area contributed by atoms with Gasteiger partial charge in [0.15, 0.2) is 5.11 Å². The molecule has 0 heterocycles. The molecule has 0 bridgehead atoms. The molecule has 26 heavy (non-hydrogen) atoms. The van der Waals surface area contributed by atoms with Crippen LogP contribution in [0.25, 0.3) is 0 Å². The first-order valence-corrected chi connectivity index (χ1v) is 8.67. The molecule has 7 heteroatoms. The summed E-state index contributed by atoms with van der Waals surface area (Å²) in [6.45, 7) is 0.627. The smallest absolute Gasteiger partial charge is 0.387 e. The zero-order valence-electron chi connectivity index (χ0n) is 15.1. The number of nitrogens with one attached hydrogen (secondary N) is 1. The monoisotopic (exact) mass is 379 g/mol. The number of ether oxygens (including phenoxy) is 1. The number of benzene rings is 2. The van der Waals surface area contributed by atoms with E-state index in [9.17, 15) is 8.78 Å². The molecule has 0 atom stereocenters. The number of anilines is 2. The normalized spacial score (nSPS) is 10.5. The minimum Gasteiger partial charge on any atom is -0.435 e. The summed E-state index contributed by atoms with van der Waals surface area (Å²) in [5.74, 6) is 0.116. The minimum atomic E-state index is -2.83. The number of hydrogen-bond donors (Lipinski definition) is 1. The van der Waals surface area contributed by atoms with Gasteiger partial charge in [0.2, 0.25) is 0 Å². The van der Waals surface area contributed by atoms with E-state index in [4.69, 9.17) is 12.2 Å². The van der Waals surface area contributed by atoms with Crippen LogP contribution in [0.1, 0.15) is 12.5 Å². The summed E-state index contributed by atoms with van der Waals surface area (Å²) < 4.78 is 28.7. The Morgan fingerprint density at radius 3 is 2.19 bits per heavy atom. The number of alkyl halides is 2. The molecule has 0 saturated heterocycles. The fraction of sp³-hybridized carbons (Fsp3) is 0.316. The van der Waals surface area contributed by atoms with Crippen LogP contribution in [0.15, 0.2) is 48.5 Å². The van der Waals surface area contributed by atoms with Gasteiger partial charge >= 0.3 is 6.61 Å². The molecule has 2 aromatic rings. The van der Waals surface area contributed by atoms with Crippen LogP contribution in [-0.2, 0) is 6.54 Å². The Kier molecular flexibility index (Phi) is 7.15. The van der Waals surface area contributed by atoms with Crippen LogP contribution >= 0.6 is 12.2 Å². The molecule has 0 fully saturated rings. The Morgan fingerprint density at radius 2 is 1.69 bits per heavy atom. The molecule has 0 radical (unpaired) electrons. The number of thiocarbonyl (C=S) groups is 1. The zero-order valence-corrected chi connectivity index (χ0v) is 15.9. The molecule has 0 spiro atoms. The van der Waals surface area contributed by atoms with E-state index in [0.717, 1.165) is 23.5 Å². The van der Waals surface area contributed by atoms with Gasteiger partial charge in [0, 0.05) is 38.6 Å². The van der Waals surface area contributed by atoms with Crippen molar-refractivity contribution in [2.75, 3.05) is 30.9 Å². The standard InChI is InChI=1S/C19H23F2N3OS/c1-4-24(13-14-5-9-16(10-6-14)23(2)3)19(26)22-15-7-11-17(12-8-15)25-18(20)21/h5-12,18H,4,13H2,1-3H3,(H,22,26). The number of rotatable bonds is 7. The van der Waals surface area contributed by atoms with E-state index < -0.39 is 6.61 Å². The maximum Gasteiger partial charge on any atom is 0.387 e. The largest absolute Gasteiger partial charge is 0.435 e. The molecule has 0 aliphatic heterocycles. The van der Waals surface area contributed by atoms with Gasteiger partial charge in [-0.15, -0.1) is 0 Å². The summed E-state index contributed by atoms with van der Waals surface area (Å²) in [5.41, 5.74) is 3.02. The van der Waals surface area contributed by atoms with E-state index in [-0.39, 0.29) is 5.75 Å². The van der Waals surface area contributed by atoms with Gasteiger partial charge in [-0.2, -0.15) is 8.78 Å². The van der Waals surface area contributed by atoms with Crippen LogP contribution in [0.4, 0.5) is 20.2 Å². The first-order valence-electron chi connectivity index (χ1n) is 8.26. The first-order chi connectivity index (χ1) is 12.4. The fourth-order valence-electron chi connectivity index (χ4n) is 2.37. The highest BCUT2D eigenvalue weighted by Crippen LogP contribution is 2.19. The van der Waals surface area contributed by atoms with Crippen molar-refractivity contribution in [3.05, 3.63) is 54.1 Å². The van der Waals surface area contributed by atoms with Crippen LogP contribution in [0.3, 0.4) is 0 Å². The van der Waals surface area contributed by atoms with Gasteiger partial charge in [-0.05, 0) is 61.1 Å². The van der Waals surface area contributed by atoms with E-state index in [2.05, 4.69) is 39.2 Å². The van der Waals surface area contributed by atoms with Gasteiger partial charge in [0.25, 0.3) is 0 Å². The van der Waals surface area contributed by atoms with Crippen molar-refractivity contribution in [2.45, 2.75) is 20.1 Å². The Hall–Kier alpha value is -2.41. The van der Waals surface area contributed by atoms with Crippen molar-refractivity contribution in [3.63, 3.8) is 0 Å². The summed E-state index contributed by atoms with van der Waals surface area (Å²) in [4.78, 5) is 4.08. The molecule has 0 aromatic heterocycles. The lowest BCUT2D eigenvalue weighted by Gasteiger charge is -2.25. The second kappa shape index (κ2) is 9.33. The number of nitrogens with zero attached hydrogens (tertiary/aromatic N) is 2. The molecule has 1 N–H and O–H groups in total. The number of halogens is 2. The third-order valence-corrected chi connectivity index (χ3v) is 4.19. The zero-order chi connectivity index (χ0) is 19.1. The molecular weight excluding hydrogens is 356 g/mol. The quantitative estimate of drug-likeness (QED) is 0.711. The van der Waals surface area contributed by atoms with Crippen molar-refractivity contribution in [3.8, 4) is 5.75 Å². The second-order valence-corrected chi connectivity index (χ2v) is 6.29. The lowest BCUT2D eigenvalue weighted by Crippen LogP contribution is -2.34. The van der Waals surface area contributed by atoms with E-state index in [1.807, 2.05) is 25.9 Å². The average molecular weight is 379 g/mol. The van der Waals surface area contributed by atoms with Crippen molar-refractivity contribution < 1.29 is 13.5 Å². The molecule has 0 aliphatic carbocycles. The highest BCUT2D eigenvalue weighted by molar-refractivity contribution is 7.80. The maximum atomic E-state index is 12.2. The molecule has 0 unspecified atom stereocenters. The first kappa shape index (κ1) is 19.9. The van der Waals surface area contributed by atoms with Gasteiger partial charge in [0.05, 0.1) is 0 Å². The van der Waals surface area contributed by atoms with Gasteiger partial charge in [0.1, 0.15) is 5.75 Å². The topological polar surface area (TPSA) is 27.7 Å². The summed E-state index contributed by atoms with van der Waals surface area (Å²) in [5, 5.41) is 3.71. The van der Waals surface area contributed by atoms with Crippen LogP contribution < -0.4 is 15.0 Å². The van der Waals surface area contributed by atoms with Crippen molar-refractivity contribution >= 4 is 28.7 Å². The van der Waals surface area contributed by atoms with Gasteiger partial charge in [-0.25, -0.2) is 0 Å². The third-order valence-electron chi connectivity index (χ3n) is 3.83. The summed E-state index contributed by atoms with van der Waals surface area (Å²) in [6, 6.07) is 14.6. The highest BCUT2D eigenvalue weighted by atomic mass is 32.1. The van der Waals surface area contributed by atoms with E-state index in [0.29, 0.717) is 11.7 Å². The highest BCUT2D eigenvalue weighted by Gasteiger charge is 2.10. The second-order valence-electron chi connectivity index (χ2n) is 5.91. The fourth-order valence-corrected chi connectivity index (χ4v) is 2.68. The lowest BCUT2D eigenvalue weighted by molar-refractivity contribution is -0.0498. The molecule has 0 aliphatic rings. The van der Waals surface area contributed by atoms with Crippen molar-refractivity contribution in [1.29, 1.82) is 0 Å². The summed E-state index contributed by atoms with van der Waals surface area (Å²) >= 11 is 5.48. The van der Waals surface area contributed by atoms with Gasteiger partial charge in [-0.1, -0.05) is 12.1 Å². The Labute approximate surface area is 158 Å². The molecule has 2 rings (SSSR count). The SMILES string of the molecule is CCN(Cc1ccc(N(C)C)cc1)C(=S)Nc1ccc(OC(F)F)cc1. The van der Waals surface area contributed by atoms with Crippen LogP contribution in [-0.4, -0.2) is 37.3 Å². The molecular formula is C19H23F2N3OS. The van der Waals surface area contributed by atoms with E-state index in [1.54, 1.807) is 12.1 Å². The molecule has 2 aromatic carbocycles. The third kappa shape index (κ3) is 5.84. The van der Waals surface area contributed by atoms with Crippen molar-refractivity contribution in [1.82, 2.24) is 4.90 Å². The predicted octanol–water partition coefficient (Wildman–Crippen LogP) is 4.57. The lowest BCUT2D eigenvalue weighted by atomic mass is 10.2. The Bertz CT molecular complexity index is 706. The molecule has 140 valence electrons. The van der Waals surface area contributed by atoms with E-state index >= 15 is 0 Å². The minimum absolute atomic E-state index is 0.116. The Balaban J connectivity index is 1.97. The van der Waals surface area contributed by atoms with Gasteiger partial charge in [-0.3, -0.25) is 0 Å². The summed E-state index contributed by atoms with van der Waals surface area (Å²) in [7, 11) is 4.01. The average Bonchev–Trinajstić information content (AvgIpc) is 2.61. The van der Waals surface area contributed by atoms with Gasteiger partial charge < -0.3 is 19.9 Å². The van der Waals surface area contributed by atoms with Crippen LogP contribution in [0, 0.1) is 0 Å².